The first kappa shape index (κ1) is 18.5. The molecule has 0 fully saturated rings. The number of carbonyl (C=O) groups excluding carboxylic acids is 2. The predicted octanol–water partition coefficient (Wildman–Crippen LogP) is 0.0913. The summed E-state index contributed by atoms with van der Waals surface area (Å²) in [6, 6.07) is 5.94. The molecule has 2 aromatic rings. The lowest BCUT2D eigenvalue weighted by Gasteiger charge is -2.07. The number of ether oxygens (including phenoxy) is 2. The first-order chi connectivity index (χ1) is 12.0. The van der Waals surface area contributed by atoms with E-state index < -0.39 is 11.8 Å². The molecule has 3 N–H and O–H groups in total. The van der Waals surface area contributed by atoms with Crippen molar-refractivity contribution in [3.8, 4) is 5.75 Å². The van der Waals surface area contributed by atoms with Gasteiger partial charge in [0, 0.05) is 0 Å². The van der Waals surface area contributed by atoms with Gasteiger partial charge in [-0.05, 0) is 12.1 Å². The Morgan fingerprint density at radius 3 is 2.84 bits per heavy atom. The number of rotatable bonds is 8. The van der Waals surface area contributed by atoms with Crippen molar-refractivity contribution in [2.45, 2.75) is 11.8 Å². The summed E-state index contributed by atoms with van der Waals surface area (Å²) in [5.41, 5.74) is 0. The van der Waals surface area contributed by atoms with Crippen molar-refractivity contribution in [1.29, 1.82) is 0 Å². The molecule has 0 spiro atoms. The van der Waals surface area contributed by atoms with Crippen LogP contribution in [0.4, 0.5) is 4.39 Å². The van der Waals surface area contributed by atoms with Crippen molar-refractivity contribution in [3.05, 3.63) is 35.9 Å². The van der Waals surface area contributed by atoms with Gasteiger partial charge in [0.1, 0.15) is 13.2 Å². The Morgan fingerprint density at radius 1 is 1.36 bits per heavy atom. The van der Waals surface area contributed by atoms with Crippen LogP contribution < -0.4 is 15.9 Å². The van der Waals surface area contributed by atoms with E-state index in [0.29, 0.717) is 0 Å². The number of esters is 1. The lowest BCUT2D eigenvalue weighted by molar-refractivity contribution is -0.140. The molecule has 0 radical (unpaired) electrons. The van der Waals surface area contributed by atoms with Crippen LogP contribution in [0, 0.1) is 5.82 Å². The third-order valence-corrected chi connectivity index (χ3v) is 3.86. The van der Waals surface area contributed by atoms with Crippen LogP contribution in [0.15, 0.2) is 29.4 Å². The number of para-hydroxylation sites is 1. The number of nitrogens with zero attached hydrogens (tertiary/aromatic N) is 3. The van der Waals surface area contributed by atoms with Gasteiger partial charge in [0.2, 0.25) is 11.1 Å². The zero-order valence-electron chi connectivity index (χ0n) is 13.3. The van der Waals surface area contributed by atoms with Crippen LogP contribution in [0.3, 0.4) is 0 Å². The van der Waals surface area contributed by atoms with Crippen molar-refractivity contribution in [3.63, 3.8) is 0 Å². The lowest BCUT2D eigenvalue weighted by atomic mass is 10.3. The Labute approximate surface area is 146 Å². The third kappa shape index (κ3) is 5.35. The molecule has 0 saturated heterocycles. The van der Waals surface area contributed by atoms with Crippen LogP contribution >= 0.6 is 11.8 Å². The minimum atomic E-state index is -0.548. The van der Waals surface area contributed by atoms with Crippen molar-refractivity contribution in [2.24, 2.45) is 0 Å². The second-order valence-electron chi connectivity index (χ2n) is 4.63. The van der Waals surface area contributed by atoms with Gasteiger partial charge in [-0.2, -0.15) is 0 Å². The molecule has 11 heteroatoms. The molecule has 1 heterocycles. The SMILES string of the molecule is COC(=O)CNC(=O)CSc1nnc(COc2ccccc2F)n1N. The molecule has 1 aromatic heterocycles. The van der Waals surface area contributed by atoms with E-state index in [1.54, 1.807) is 12.1 Å². The van der Waals surface area contributed by atoms with Crippen LogP contribution in [0.25, 0.3) is 0 Å². The van der Waals surface area contributed by atoms with E-state index in [-0.39, 0.29) is 41.5 Å². The summed E-state index contributed by atoms with van der Waals surface area (Å²) in [6.45, 7) is -0.299. The van der Waals surface area contributed by atoms with E-state index in [9.17, 15) is 14.0 Å². The van der Waals surface area contributed by atoms with Gasteiger partial charge in [-0.1, -0.05) is 23.9 Å². The summed E-state index contributed by atoms with van der Waals surface area (Å²) < 4.78 is 24.3. The van der Waals surface area contributed by atoms with E-state index >= 15 is 0 Å². The normalized spacial score (nSPS) is 10.3. The van der Waals surface area contributed by atoms with Gasteiger partial charge in [0.25, 0.3) is 0 Å². The molecule has 0 atom stereocenters. The zero-order chi connectivity index (χ0) is 18.2. The fourth-order valence-corrected chi connectivity index (χ4v) is 2.34. The number of hydrogen-bond donors (Lipinski definition) is 2. The molecule has 0 aliphatic heterocycles. The molecule has 134 valence electrons. The van der Waals surface area contributed by atoms with Gasteiger partial charge in [-0.3, -0.25) is 9.59 Å². The molecule has 1 aromatic carbocycles. The summed E-state index contributed by atoms with van der Waals surface area (Å²) in [4.78, 5) is 22.5. The van der Waals surface area contributed by atoms with Crippen molar-refractivity contribution in [2.75, 3.05) is 25.3 Å². The first-order valence-corrected chi connectivity index (χ1v) is 8.02. The standard InChI is InChI=1S/C14H16FN5O4S/c1-23-13(22)6-17-12(21)8-25-14-19-18-11(20(14)16)7-24-10-5-3-2-4-9(10)15/h2-5H,6-8,16H2,1H3,(H,17,21). The minimum absolute atomic E-state index is 0.0134. The second kappa shape index (κ2) is 8.87. The number of thioether (sulfide) groups is 1. The molecule has 0 bridgehead atoms. The van der Waals surface area contributed by atoms with Gasteiger partial charge in [0.15, 0.2) is 17.4 Å². The van der Waals surface area contributed by atoms with Gasteiger partial charge in [-0.25, -0.2) is 9.07 Å². The fraction of sp³-hybridized carbons (Fsp3) is 0.286. The number of nitrogen functional groups attached to an aromatic ring is 1. The van der Waals surface area contributed by atoms with Gasteiger partial charge in [-0.15, -0.1) is 10.2 Å². The Hall–Kier alpha value is -2.82. The number of amides is 1. The summed E-state index contributed by atoms with van der Waals surface area (Å²) in [5, 5.41) is 10.3. The Balaban J connectivity index is 1.85. The molecule has 2 rings (SSSR count). The van der Waals surface area contributed by atoms with Crippen LogP contribution in [0.1, 0.15) is 5.82 Å². The zero-order valence-corrected chi connectivity index (χ0v) is 14.1. The summed E-state index contributed by atoms with van der Waals surface area (Å²) in [5.74, 6) is 4.72. The van der Waals surface area contributed by atoms with Crippen LogP contribution in [0.2, 0.25) is 0 Å². The van der Waals surface area contributed by atoms with Gasteiger partial charge >= 0.3 is 5.97 Å². The maximum Gasteiger partial charge on any atom is 0.325 e. The van der Waals surface area contributed by atoms with Crippen LogP contribution in [0.5, 0.6) is 5.75 Å². The molecule has 0 aliphatic rings. The second-order valence-corrected chi connectivity index (χ2v) is 5.57. The number of aromatic nitrogens is 3. The Kier molecular flexibility index (Phi) is 6.57. The number of carbonyl (C=O) groups is 2. The van der Waals surface area contributed by atoms with Crippen molar-refractivity contribution in [1.82, 2.24) is 20.2 Å². The molecule has 9 nitrogen and oxygen atoms in total. The highest BCUT2D eigenvalue weighted by Crippen LogP contribution is 2.18. The molecule has 0 saturated carbocycles. The van der Waals surface area contributed by atoms with Crippen LogP contribution in [-0.2, 0) is 20.9 Å². The van der Waals surface area contributed by atoms with Crippen molar-refractivity contribution >= 4 is 23.6 Å². The van der Waals surface area contributed by atoms with Crippen molar-refractivity contribution < 1.29 is 23.5 Å². The number of halogens is 1. The molecule has 0 unspecified atom stereocenters. The lowest BCUT2D eigenvalue weighted by Crippen LogP contribution is -2.31. The van der Waals surface area contributed by atoms with E-state index in [1.807, 2.05) is 0 Å². The van der Waals surface area contributed by atoms with E-state index in [2.05, 4.69) is 20.3 Å². The topological polar surface area (TPSA) is 121 Å². The quantitative estimate of drug-likeness (QED) is 0.381. The number of nitrogens with two attached hydrogens (primary N) is 1. The molecular formula is C14H16FN5O4S. The average Bonchev–Trinajstić information content (AvgIpc) is 2.97. The van der Waals surface area contributed by atoms with Gasteiger partial charge in [0.05, 0.1) is 12.9 Å². The van der Waals surface area contributed by atoms with Crippen LogP contribution in [-0.4, -0.2) is 46.2 Å². The Bertz CT molecular complexity index is 755. The van der Waals surface area contributed by atoms with E-state index in [1.165, 1.54) is 19.2 Å². The number of benzene rings is 1. The predicted molar refractivity (Wildman–Crippen MR) is 86.7 cm³/mol. The first-order valence-electron chi connectivity index (χ1n) is 7.04. The molecular weight excluding hydrogens is 353 g/mol. The third-order valence-electron chi connectivity index (χ3n) is 2.92. The summed E-state index contributed by atoms with van der Waals surface area (Å²) >= 11 is 1.03. The largest absolute Gasteiger partial charge is 0.482 e. The molecule has 25 heavy (non-hydrogen) atoms. The highest BCUT2D eigenvalue weighted by molar-refractivity contribution is 7.99. The highest BCUT2D eigenvalue weighted by atomic mass is 32.2. The van der Waals surface area contributed by atoms with E-state index in [0.717, 1.165) is 16.4 Å². The smallest absolute Gasteiger partial charge is 0.325 e. The minimum Gasteiger partial charge on any atom is -0.482 e. The maximum absolute atomic E-state index is 13.5. The van der Waals surface area contributed by atoms with E-state index in [4.69, 9.17) is 10.6 Å². The summed E-state index contributed by atoms with van der Waals surface area (Å²) in [6.07, 6.45) is 0. The highest BCUT2D eigenvalue weighted by Gasteiger charge is 2.14. The maximum atomic E-state index is 13.5. The van der Waals surface area contributed by atoms with Gasteiger partial charge < -0.3 is 20.6 Å². The monoisotopic (exact) mass is 369 g/mol. The molecule has 0 aliphatic carbocycles. The Morgan fingerprint density at radius 2 is 2.12 bits per heavy atom. The number of nitrogens with one attached hydrogen (secondary N) is 1. The average molecular weight is 369 g/mol. The summed E-state index contributed by atoms with van der Waals surface area (Å²) in [7, 11) is 1.23. The fourth-order valence-electron chi connectivity index (χ4n) is 1.63. The molecule has 1 amide bonds. The number of methoxy groups -OCH3 is 1. The number of hydrogen-bond acceptors (Lipinski definition) is 8.